The summed E-state index contributed by atoms with van der Waals surface area (Å²) in [5.41, 5.74) is -4.18. The van der Waals surface area contributed by atoms with E-state index in [0.29, 0.717) is 0 Å². The van der Waals surface area contributed by atoms with Gasteiger partial charge < -0.3 is 4.43 Å². The van der Waals surface area contributed by atoms with Crippen LogP contribution >= 0.6 is 0 Å². The van der Waals surface area contributed by atoms with Crippen LogP contribution in [-0.4, -0.2) is 34.3 Å². The quantitative estimate of drug-likeness (QED) is 0.546. The molecule has 0 spiro atoms. The lowest BCUT2D eigenvalue weighted by Crippen LogP contribution is -2.66. The fraction of sp³-hybridized carbons (Fsp3) is 1.00. The molecule has 116 valence electrons. The molecule has 10 heteroatoms. The highest BCUT2D eigenvalue weighted by Crippen LogP contribution is 2.46. The lowest BCUT2D eigenvalue weighted by atomic mass is 10.6. The van der Waals surface area contributed by atoms with E-state index in [-0.39, 0.29) is 0 Å². The van der Waals surface area contributed by atoms with Crippen molar-refractivity contribution >= 4 is 16.4 Å². The number of hydrogen-bond donors (Lipinski definition) is 0. The Morgan fingerprint density at radius 2 is 1.11 bits per heavy atom. The molecule has 0 aromatic heterocycles. The maximum absolute atomic E-state index is 14.4. The second-order valence-electron chi connectivity index (χ2n) is 6.12. The van der Waals surface area contributed by atoms with Gasteiger partial charge in [-0.2, -0.15) is 8.78 Å². The Morgan fingerprint density at radius 1 is 0.737 bits per heavy atom. The summed E-state index contributed by atoms with van der Waals surface area (Å²) >= 11 is 0. The standard InChI is InChI=1S/C9H18F6O2Si2/c1-18(2,3)8(12,16-9(13,14)15)7(10,11)17-19(4,5)6/h1-6H3. The number of hydrogen-bond acceptors (Lipinski definition) is 2. The molecule has 19 heavy (non-hydrogen) atoms. The van der Waals surface area contributed by atoms with Gasteiger partial charge in [0.2, 0.25) is 0 Å². The van der Waals surface area contributed by atoms with Gasteiger partial charge in [-0.25, -0.2) is 9.13 Å². The Hall–Kier alpha value is -0.0662. The number of rotatable bonds is 5. The molecule has 1 atom stereocenters. The van der Waals surface area contributed by atoms with Gasteiger partial charge in [0.15, 0.2) is 8.32 Å². The van der Waals surface area contributed by atoms with Crippen LogP contribution < -0.4 is 0 Å². The minimum Gasteiger partial charge on any atom is -0.359 e. The van der Waals surface area contributed by atoms with Gasteiger partial charge in [0.25, 0.3) is 5.48 Å². The van der Waals surface area contributed by atoms with E-state index in [9.17, 15) is 26.3 Å². The van der Waals surface area contributed by atoms with Gasteiger partial charge in [-0.3, -0.25) is 0 Å². The average Bonchev–Trinajstić information content (AvgIpc) is 1.92. The molecule has 0 aromatic carbocycles. The van der Waals surface area contributed by atoms with E-state index in [4.69, 9.17) is 0 Å². The Morgan fingerprint density at radius 3 is 1.32 bits per heavy atom. The lowest BCUT2D eigenvalue weighted by Gasteiger charge is -2.42. The fourth-order valence-electron chi connectivity index (χ4n) is 1.26. The molecule has 0 radical (unpaired) electrons. The van der Waals surface area contributed by atoms with Crippen LogP contribution in [0, 0.1) is 0 Å². The molecule has 0 amide bonds. The van der Waals surface area contributed by atoms with Gasteiger partial charge in [-0.05, 0) is 19.6 Å². The molecule has 0 aliphatic carbocycles. The van der Waals surface area contributed by atoms with E-state index in [2.05, 4.69) is 9.16 Å². The summed E-state index contributed by atoms with van der Waals surface area (Å²) in [6.07, 6.45) is -10.2. The van der Waals surface area contributed by atoms with Crippen LogP contribution in [0.3, 0.4) is 0 Å². The van der Waals surface area contributed by atoms with Crippen LogP contribution in [0.1, 0.15) is 0 Å². The Balaban J connectivity index is 5.61. The third-order valence-electron chi connectivity index (χ3n) is 2.03. The van der Waals surface area contributed by atoms with E-state index in [1.165, 1.54) is 19.6 Å². The Kier molecular flexibility index (Phi) is 5.03. The summed E-state index contributed by atoms with van der Waals surface area (Å²) in [6, 6.07) is 0. The minimum atomic E-state index is -5.51. The van der Waals surface area contributed by atoms with E-state index in [1.54, 1.807) is 0 Å². The van der Waals surface area contributed by atoms with Crippen molar-refractivity contribution in [1.29, 1.82) is 0 Å². The van der Waals surface area contributed by atoms with Crippen LogP contribution in [-0.2, 0) is 9.16 Å². The molecule has 0 aliphatic rings. The lowest BCUT2D eigenvalue weighted by molar-refractivity contribution is -0.433. The van der Waals surface area contributed by atoms with E-state index >= 15 is 0 Å². The highest BCUT2D eigenvalue weighted by Gasteiger charge is 2.69. The number of alkyl halides is 6. The zero-order chi connectivity index (χ0) is 15.9. The van der Waals surface area contributed by atoms with Crippen molar-refractivity contribution < 1.29 is 35.5 Å². The molecule has 0 N–H and O–H groups in total. The number of halogens is 6. The Labute approximate surface area is 110 Å². The summed E-state index contributed by atoms with van der Waals surface area (Å²) < 4.78 is 86.2. The molecule has 0 heterocycles. The summed E-state index contributed by atoms with van der Waals surface area (Å²) in [4.78, 5) is 0. The minimum absolute atomic E-state index is 1.01. The van der Waals surface area contributed by atoms with Gasteiger partial charge in [-0.1, -0.05) is 19.6 Å². The normalized spacial score (nSPS) is 18.3. The van der Waals surface area contributed by atoms with Gasteiger partial charge >= 0.3 is 12.5 Å². The van der Waals surface area contributed by atoms with Crippen LogP contribution in [0.5, 0.6) is 0 Å². The molecular weight excluding hydrogens is 310 g/mol. The topological polar surface area (TPSA) is 18.5 Å². The van der Waals surface area contributed by atoms with Gasteiger partial charge in [-0.15, -0.1) is 13.2 Å². The largest absolute Gasteiger partial charge is 0.525 e. The average molecular weight is 328 g/mol. The second kappa shape index (κ2) is 5.04. The molecule has 0 rings (SSSR count). The van der Waals surface area contributed by atoms with Crippen molar-refractivity contribution in [2.24, 2.45) is 0 Å². The molecular formula is C9H18F6O2Si2. The monoisotopic (exact) mass is 328 g/mol. The molecule has 0 bridgehead atoms. The summed E-state index contributed by atoms with van der Waals surface area (Å²) in [6.45, 7) is 7.00. The molecule has 2 nitrogen and oxygen atoms in total. The van der Waals surface area contributed by atoms with Crippen molar-refractivity contribution in [3.05, 3.63) is 0 Å². The van der Waals surface area contributed by atoms with Crippen molar-refractivity contribution in [3.63, 3.8) is 0 Å². The molecule has 0 saturated heterocycles. The zero-order valence-corrected chi connectivity index (χ0v) is 13.6. The molecule has 0 aromatic rings. The van der Waals surface area contributed by atoms with Crippen molar-refractivity contribution in [2.75, 3.05) is 0 Å². The predicted molar refractivity (Wildman–Crippen MR) is 63.7 cm³/mol. The summed E-state index contributed by atoms with van der Waals surface area (Å²) in [5, 5.41) is 0. The number of ether oxygens (including phenoxy) is 1. The summed E-state index contributed by atoms with van der Waals surface area (Å²) in [5.74, 6) is 0. The van der Waals surface area contributed by atoms with Gasteiger partial charge in [0.1, 0.15) is 8.07 Å². The summed E-state index contributed by atoms with van der Waals surface area (Å²) in [7, 11) is -6.69. The molecule has 0 aliphatic heterocycles. The van der Waals surface area contributed by atoms with E-state index < -0.39 is 34.3 Å². The van der Waals surface area contributed by atoms with Crippen LogP contribution in [0.4, 0.5) is 26.3 Å². The third kappa shape index (κ3) is 5.08. The van der Waals surface area contributed by atoms with Gasteiger partial charge in [0, 0.05) is 0 Å². The fourth-order valence-corrected chi connectivity index (χ4v) is 3.61. The SMILES string of the molecule is C[Si](C)(C)OC(F)(F)C(F)(OC(F)(F)F)[Si](C)(C)C. The van der Waals surface area contributed by atoms with Crippen LogP contribution in [0.2, 0.25) is 39.3 Å². The maximum atomic E-state index is 14.4. The van der Waals surface area contributed by atoms with Crippen LogP contribution in [0.25, 0.3) is 0 Å². The predicted octanol–water partition coefficient (Wildman–Crippen LogP) is 4.51. The van der Waals surface area contributed by atoms with Gasteiger partial charge in [0.05, 0.1) is 0 Å². The molecule has 1 unspecified atom stereocenters. The highest BCUT2D eigenvalue weighted by atomic mass is 28.4. The first-order valence-corrected chi connectivity index (χ1v) is 12.4. The second-order valence-corrected chi connectivity index (χ2v) is 15.7. The molecule has 0 fully saturated rings. The maximum Gasteiger partial charge on any atom is 0.525 e. The Bertz CT molecular complexity index is 320. The molecule has 0 saturated carbocycles. The van der Waals surface area contributed by atoms with Crippen molar-refractivity contribution in [2.45, 2.75) is 57.2 Å². The zero-order valence-electron chi connectivity index (χ0n) is 11.6. The third-order valence-corrected chi connectivity index (χ3v) is 5.22. The first-order valence-electron chi connectivity index (χ1n) is 5.45. The smallest absolute Gasteiger partial charge is 0.359 e. The van der Waals surface area contributed by atoms with E-state index in [1.807, 2.05) is 0 Å². The van der Waals surface area contributed by atoms with Crippen LogP contribution in [0.15, 0.2) is 0 Å². The van der Waals surface area contributed by atoms with E-state index in [0.717, 1.165) is 19.6 Å². The highest BCUT2D eigenvalue weighted by molar-refractivity contribution is 6.79. The van der Waals surface area contributed by atoms with Crippen molar-refractivity contribution in [3.8, 4) is 0 Å². The first-order chi connectivity index (χ1) is 7.91. The first kappa shape index (κ1) is 18.9. The van der Waals surface area contributed by atoms with Crippen molar-refractivity contribution in [1.82, 2.24) is 0 Å².